The normalized spacial score (nSPS) is 16.3. The molecule has 1 fully saturated rings. The van der Waals surface area contributed by atoms with Crippen molar-refractivity contribution in [3.8, 4) is 0 Å². The molecule has 0 saturated carbocycles. The van der Waals surface area contributed by atoms with Crippen LogP contribution in [-0.4, -0.2) is 49.4 Å². The number of amides is 1. The number of carbonyl (C=O) groups is 1. The molecular formula is C22H27N3O6S. The molecule has 9 nitrogen and oxygen atoms in total. The summed E-state index contributed by atoms with van der Waals surface area (Å²) >= 11 is 0. The zero-order valence-electron chi connectivity index (χ0n) is 18.3. The third kappa shape index (κ3) is 5.32. The van der Waals surface area contributed by atoms with Gasteiger partial charge in [0.1, 0.15) is 0 Å². The fourth-order valence-corrected chi connectivity index (χ4v) is 5.29. The van der Waals surface area contributed by atoms with Gasteiger partial charge >= 0.3 is 0 Å². The molecule has 1 atom stereocenters. The van der Waals surface area contributed by atoms with Crippen LogP contribution in [0.3, 0.4) is 0 Å². The van der Waals surface area contributed by atoms with Crippen LogP contribution >= 0.6 is 0 Å². The zero-order valence-corrected chi connectivity index (χ0v) is 19.1. The van der Waals surface area contributed by atoms with E-state index in [1.54, 1.807) is 13.0 Å². The lowest BCUT2D eigenvalue weighted by Crippen LogP contribution is -2.42. The quantitative estimate of drug-likeness (QED) is 0.476. The number of ether oxygens (including phenoxy) is 1. The summed E-state index contributed by atoms with van der Waals surface area (Å²) in [7, 11) is -4.19. The highest BCUT2D eigenvalue weighted by atomic mass is 32.2. The standard InChI is InChI=1S/C22H27N3O6S/c1-15-6-4-8-20(17(15)3)23-22(26)14-24(13-19-7-5-11-31-19)32(29,30)21-12-18(25(27)28)10-9-16(21)2/h4,6,8-10,12,19H,5,7,11,13-14H2,1-3H3,(H,23,26). The Hall–Kier alpha value is -2.82. The Morgan fingerprint density at radius 1 is 1.22 bits per heavy atom. The first-order chi connectivity index (χ1) is 15.1. The number of carbonyl (C=O) groups excluding carboxylic acids is 1. The van der Waals surface area contributed by atoms with Crippen molar-refractivity contribution < 1.29 is 22.9 Å². The number of nitro benzene ring substituents is 1. The molecule has 0 bridgehead atoms. The second-order valence-corrected chi connectivity index (χ2v) is 9.84. The monoisotopic (exact) mass is 461 g/mol. The molecular weight excluding hydrogens is 434 g/mol. The Morgan fingerprint density at radius 2 is 1.97 bits per heavy atom. The van der Waals surface area contributed by atoms with E-state index in [4.69, 9.17) is 4.74 Å². The Balaban J connectivity index is 1.91. The molecule has 1 aliphatic rings. The van der Waals surface area contributed by atoms with Gasteiger partial charge in [-0.1, -0.05) is 18.2 Å². The van der Waals surface area contributed by atoms with E-state index in [1.807, 2.05) is 26.0 Å². The number of hydrogen-bond donors (Lipinski definition) is 1. The third-order valence-electron chi connectivity index (χ3n) is 5.63. The Bertz CT molecular complexity index is 1130. The van der Waals surface area contributed by atoms with E-state index >= 15 is 0 Å². The van der Waals surface area contributed by atoms with Gasteiger partial charge in [-0.3, -0.25) is 14.9 Å². The van der Waals surface area contributed by atoms with Gasteiger partial charge in [0.05, 0.1) is 22.5 Å². The van der Waals surface area contributed by atoms with Crippen LogP contribution in [0.2, 0.25) is 0 Å². The number of hydrogen-bond acceptors (Lipinski definition) is 6. The van der Waals surface area contributed by atoms with Crippen LogP contribution in [0.15, 0.2) is 41.3 Å². The van der Waals surface area contributed by atoms with Gasteiger partial charge in [-0.25, -0.2) is 8.42 Å². The summed E-state index contributed by atoms with van der Waals surface area (Å²) in [5.41, 5.74) is 2.53. The zero-order chi connectivity index (χ0) is 23.5. The summed E-state index contributed by atoms with van der Waals surface area (Å²) in [5, 5.41) is 14.0. The van der Waals surface area contributed by atoms with Crippen LogP contribution in [0.4, 0.5) is 11.4 Å². The van der Waals surface area contributed by atoms with Crippen molar-refractivity contribution in [1.82, 2.24) is 4.31 Å². The lowest BCUT2D eigenvalue weighted by atomic mass is 10.1. The fourth-order valence-electron chi connectivity index (χ4n) is 3.62. The number of nitrogens with zero attached hydrogens (tertiary/aromatic N) is 2. The largest absolute Gasteiger partial charge is 0.377 e. The first-order valence-corrected chi connectivity index (χ1v) is 11.8. The van der Waals surface area contributed by atoms with Crippen molar-refractivity contribution in [2.24, 2.45) is 0 Å². The molecule has 1 N–H and O–H groups in total. The highest BCUT2D eigenvalue weighted by Gasteiger charge is 2.33. The van der Waals surface area contributed by atoms with Crippen LogP contribution < -0.4 is 5.32 Å². The number of anilines is 1. The molecule has 1 saturated heterocycles. The number of benzene rings is 2. The van der Waals surface area contributed by atoms with Gasteiger partial charge in [0.2, 0.25) is 15.9 Å². The van der Waals surface area contributed by atoms with Crippen LogP contribution in [0.25, 0.3) is 0 Å². The topological polar surface area (TPSA) is 119 Å². The smallest absolute Gasteiger partial charge is 0.270 e. The number of sulfonamides is 1. The molecule has 1 aliphatic heterocycles. The second kappa shape index (κ2) is 9.76. The van der Waals surface area contributed by atoms with Gasteiger partial charge in [0.15, 0.2) is 0 Å². The first kappa shape index (κ1) is 23.8. The van der Waals surface area contributed by atoms with Crippen molar-refractivity contribution in [1.29, 1.82) is 0 Å². The van der Waals surface area contributed by atoms with E-state index in [1.165, 1.54) is 12.1 Å². The van der Waals surface area contributed by atoms with Crippen molar-refractivity contribution in [3.05, 3.63) is 63.2 Å². The van der Waals surface area contributed by atoms with Crippen LogP contribution in [0.5, 0.6) is 0 Å². The molecule has 1 heterocycles. The highest BCUT2D eigenvalue weighted by molar-refractivity contribution is 7.89. The summed E-state index contributed by atoms with van der Waals surface area (Å²) in [6, 6.07) is 9.17. The predicted molar refractivity (Wildman–Crippen MR) is 120 cm³/mol. The molecule has 172 valence electrons. The number of nitro groups is 1. The molecule has 2 aromatic rings. The lowest BCUT2D eigenvalue weighted by Gasteiger charge is -2.25. The molecule has 32 heavy (non-hydrogen) atoms. The molecule has 1 unspecified atom stereocenters. The lowest BCUT2D eigenvalue weighted by molar-refractivity contribution is -0.385. The molecule has 1 amide bonds. The van der Waals surface area contributed by atoms with Crippen LogP contribution in [0, 0.1) is 30.9 Å². The summed E-state index contributed by atoms with van der Waals surface area (Å²) in [4.78, 5) is 23.2. The van der Waals surface area contributed by atoms with Gasteiger partial charge in [-0.2, -0.15) is 4.31 Å². The van der Waals surface area contributed by atoms with Crippen LogP contribution in [0.1, 0.15) is 29.5 Å². The molecule has 0 radical (unpaired) electrons. The number of rotatable bonds is 8. The van der Waals surface area contributed by atoms with Crippen molar-refractivity contribution >= 4 is 27.3 Å². The molecule has 10 heteroatoms. The van der Waals surface area contributed by atoms with Gasteiger partial charge in [0, 0.05) is 31.0 Å². The van der Waals surface area contributed by atoms with Gasteiger partial charge in [-0.05, 0) is 56.4 Å². The van der Waals surface area contributed by atoms with Gasteiger partial charge in [0.25, 0.3) is 5.69 Å². The van der Waals surface area contributed by atoms with E-state index in [2.05, 4.69) is 5.32 Å². The van der Waals surface area contributed by atoms with Crippen molar-refractivity contribution in [2.75, 3.05) is 25.0 Å². The molecule has 0 aliphatic carbocycles. The summed E-state index contributed by atoms with van der Waals surface area (Å²) in [6.07, 6.45) is 1.15. The number of nitrogens with one attached hydrogen (secondary N) is 1. The maximum absolute atomic E-state index is 13.5. The van der Waals surface area contributed by atoms with Crippen LogP contribution in [-0.2, 0) is 19.6 Å². The Labute approximate surface area is 187 Å². The summed E-state index contributed by atoms with van der Waals surface area (Å²) in [6.45, 7) is 5.45. The van der Waals surface area contributed by atoms with Gasteiger partial charge < -0.3 is 10.1 Å². The minimum Gasteiger partial charge on any atom is -0.377 e. The maximum atomic E-state index is 13.5. The van der Waals surface area contributed by atoms with E-state index in [-0.39, 0.29) is 23.2 Å². The number of aryl methyl sites for hydroxylation is 2. The molecule has 0 aromatic heterocycles. The minimum absolute atomic E-state index is 0.00924. The predicted octanol–water partition coefficient (Wildman–Crippen LogP) is 3.33. The Morgan fingerprint density at radius 3 is 2.62 bits per heavy atom. The summed E-state index contributed by atoms with van der Waals surface area (Å²) in [5.74, 6) is -0.497. The second-order valence-electron chi connectivity index (χ2n) is 7.94. The van der Waals surface area contributed by atoms with E-state index < -0.39 is 27.4 Å². The van der Waals surface area contributed by atoms with E-state index in [0.717, 1.165) is 27.9 Å². The minimum atomic E-state index is -4.19. The third-order valence-corrected chi connectivity index (χ3v) is 7.58. The fraction of sp³-hybridized carbons (Fsp3) is 0.409. The molecule has 3 rings (SSSR count). The van der Waals surface area contributed by atoms with Crippen molar-refractivity contribution in [2.45, 2.75) is 44.6 Å². The maximum Gasteiger partial charge on any atom is 0.270 e. The summed E-state index contributed by atoms with van der Waals surface area (Å²) < 4.78 is 33.6. The Kier molecular flexibility index (Phi) is 7.27. The average molecular weight is 462 g/mol. The van der Waals surface area contributed by atoms with Crippen molar-refractivity contribution in [3.63, 3.8) is 0 Å². The number of non-ortho nitro benzene ring substituents is 1. The molecule has 0 spiro atoms. The average Bonchev–Trinajstić information content (AvgIpc) is 3.24. The SMILES string of the molecule is Cc1ccc([N+](=O)[O-])cc1S(=O)(=O)N(CC(=O)Nc1cccc(C)c1C)CC1CCCO1. The van der Waals surface area contributed by atoms with Gasteiger partial charge in [-0.15, -0.1) is 0 Å². The van der Waals surface area contributed by atoms with E-state index in [9.17, 15) is 23.3 Å². The van der Waals surface area contributed by atoms with E-state index in [0.29, 0.717) is 24.3 Å². The molecule has 2 aromatic carbocycles. The first-order valence-electron chi connectivity index (χ1n) is 10.3. The highest BCUT2D eigenvalue weighted by Crippen LogP contribution is 2.26.